The molecular formula is C21H26O4. The van der Waals surface area contributed by atoms with Gasteiger partial charge in [-0.3, -0.25) is 0 Å². The number of phenols is 2. The van der Waals surface area contributed by atoms with Crippen LogP contribution in [0.3, 0.4) is 0 Å². The van der Waals surface area contributed by atoms with Gasteiger partial charge in [0.25, 0.3) is 0 Å². The van der Waals surface area contributed by atoms with Gasteiger partial charge in [-0.05, 0) is 30.9 Å². The number of hydrogen-bond acceptors (Lipinski definition) is 4. The van der Waals surface area contributed by atoms with Gasteiger partial charge in [0.1, 0.15) is 0 Å². The molecule has 2 aromatic rings. The van der Waals surface area contributed by atoms with Crippen LogP contribution in [-0.4, -0.2) is 10.2 Å². The number of aromatic hydroxyl groups is 2. The summed E-state index contributed by atoms with van der Waals surface area (Å²) in [6, 6.07) is 5.89. The molecular weight excluding hydrogens is 316 g/mol. The van der Waals surface area contributed by atoms with E-state index in [1.165, 1.54) is 0 Å². The largest absolute Gasteiger partial charge is 0.504 e. The fourth-order valence-corrected chi connectivity index (χ4v) is 3.39. The molecule has 4 nitrogen and oxygen atoms in total. The minimum Gasteiger partial charge on any atom is -0.504 e. The molecule has 0 bridgehead atoms. The highest BCUT2D eigenvalue weighted by molar-refractivity contribution is 5.70. The highest BCUT2D eigenvalue weighted by Gasteiger charge is 2.31. The van der Waals surface area contributed by atoms with E-state index in [1.54, 1.807) is 0 Å². The standard InChI is InChI=1S/C21H26O4/c1-4-8-13-11-7-12-16-19(13)25-21-15(10-6-3)18(23)17(22)14(9-5-2)20(21)24-16/h7,11-12,22-23H,4-6,8-10H2,1-3H3. The predicted molar refractivity (Wildman–Crippen MR) is 98.3 cm³/mol. The second kappa shape index (κ2) is 7.26. The van der Waals surface area contributed by atoms with E-state index in [-0.39, 0.29) is 11.5 Å². The average Bonchev–Trinajstić information content (AvgIpc) is 2.62. The molecule has 25 heavy (non-hydrogen) atoms. The SMILES string of the molecule is CCCc1cccc2c1Oc1c(CCC)c(O)c(O)c(CCC)c1O2. The summed E-state index contributed by atoms with van der Waals surface area (Å²) < 4.78 is 12.4. The van der Waals surface area contributed by atoms with Gasteiger partial charge in [0.15, 0.2) is 34.5 Å². The summed E-state index contributed by atoms with van der Waals surface area (Å²) >= 11 is 0. The lowest BCUT2D eigenvalue weighted by Gasteiger charge is -2.27. The van der Waals surface area contributed by atoms with Crippen LogP contribution in [0.15, 0.2) is 18.2 Å². The van der Waals surface area contributed by atoms with Crippen molar-refractivity contribution in [2.24, 2.45) is 0 Å². The Bertz CT molecular complexity index is 780. The molecule has 0 saturated heterocycles. The first-order chi connectivity index (χ1) is 12.1. The van der Waals surface area contributed by atoms with Crippen LogP contribution in [0.4, 0.5) is 0 Å². The lowest BCUT2D eigenvalue weighted by atomic mass is 9.98. The topological polar surface area (TPSA) is 58.9 Å². The minimum absolute atomic E-state index is 0.0796. The molecule has 0 atom stereocenters. The van der Waals surface area contributed by atoms with Crippen molar-refractivity contribution in [3.63, 3.8) is 0 Å². The Morgan fingerprint density at radius 2 is 1.28 bits per heavy atom. The Hall–Kier alpha value is -2.36. The zero-order valence-electron chi connectivity index (χ0n) is 15.2. The van der Waals surface area contributed by atoms with E-state index in [2.05, 4.69) is 6.92 Å². The van der Waals surface area contributed by atoms with E-state index >= 15 is 0 Å². The van der Waals surface area contributed by atoms with Crippen LogP contribution in [0.2, 0.25) is 0 Å². The van der Waals surface area contributed by atoms with Crippen molar-refractivity contribution in [3.8, 4) is 34.5 Å². The number of para-hydroxylation sites is 1. The molecule has 0 radical (unpaired) electrons. The maximum Gasteiger partial charge on any atom is 0.177 e. The van der Waals surface area contributed by atoms with Crippen molar-refractivity contribution >= 4 is 0 Å². The number of ether oxygens (including phenoxy) is 2. The number of fused-ring (bicyclic) bond motifs is 2. The highest BCUT2D eigenvalue weighted by Crippen LogP contribution is 2.56. The fourth-order valence-electron chi connectivity index (χ4n) is 3.39. The normalized spacial score (nSPS) is 12.1. The second-order valence-electron chi connectivity index (χ2n) is 6.51. The first-order valence-electron chi connectivity index (χ1n) is 9.19. The molecule has 0 aliphatic carbocycles. The predicted octanol–water partition coefficient (Wildman–Crippen LogP) is 5.85. The zero-order chi connectivity index (χ0) is 18.0. The quantitative estimate of drug-likeness (QED) is 0.551. The van der Waals surface area contributed by atoms with Crippen molar-refractivity contribution < 1.29 is 19.7 Å². The summed E-state index contributed by atoms with van der Waals surface area (Å²) in [7, 11) is 0. The van der Waals surface area contributed by atoms with E-state index in [4.69, 9.17) is 9.47 Å². The van der Waals surface area contributed by atoms with Gasteiger partial charge in [0, 0.05) is 11.1 Å². The second-order valence-corrected chi connectivity index (χ2v) is 6.51. The molecule has 2 N–H and O–H groups in total. The van der Waals surface area contributed by atoms with Gasteiger partial charge in [-0.25, -0.2) is 0 Å². The van der Waals surface area contributed by atoms with Crippen LogP contribution in [-0.2, 0) is 19.3 Å². The van der Waals surface area contributed by atoms with E-state index < -0.39 is 0 Å². The smallest absolute Gasteiger partial charge is 0.177 e. The number of aryl methyl sites for hydroxylation is 1. The lowest BCUT2D eigenvalue weighted by molar-refractivity contribution is 0.332. The molecule has 0 fully saturated rings. The van der Waals surface area contributed by atoms with E-state index in [0.717, 1.165) is 37.0 Å². The van der Waals surface area contributed by atoms with Crippen molar-refractivity contribution in [2.45, 2.75) is 59.3 Å². The lowest BCUT2D eigenvalue weighted by Crippen LogP contribution is -2.07. The van der Waals surface area contributed by atoms with E-state index in [9.17, 15) is 10.2 Å². The van der Waals surface area contributed by atoms with Crippen LogP contribution in [0.5, 0.6) is 34.5 Å². The summed E-state index contributed by atoms with van der Waals surface area (Å²) in [5, 5.41) is 21.0. The Morgan fingerprint density at radius 3 is 1.84 bits per heavy atom. The van der Waals surface area contributed by atoms with Crippen LogP contribution >= 0.6 is 0 Å². The molecule has 4 heteroatoms. The molecule has 2 aromatic carbocycles. The summed E-state index contributed by atoms with van der Waals surface area (Å²) in [4.78, 5) is 0. The van der Waals surface area contributed by atoms with Crippen LogP contribution in [0.25, 0.3) is 0 Å². The Balaban J connectivity index is 2.19. The molecule has 0 aromatic heterocycles. The maximum atomic E-state index is 10.5. The maximum absolute atomic E-state index is 10.5. The first kappa shape index (κ1) is 17.5. The van der Waals surface area contributed by atoms with Gasteiger partial charge in [0.05, 0.1) is 0 Å². The summed E-state index contributed by atoms with van der Waals surface area (Å²) in [5.41, 5.74) is 2.32. The Labute approximate surface area is 149 Å². The van der Waals surface area contributed by atoms with Crippen molar-refractivity contribution in [3.05, 3.63) is 34.9 Å². The molecule has 134 valence electrons. The third kappa shape index (κ3) is 3.01. The van der Waals surface area contributed by atoms with Crippen molar-refractivity contribution in [1.82, 2.24) is 0 Å². The Kier molecular flexibility index (Phi) is 5.07. The third-order valence-electron chi connectivity index (χ3n) is 4.55. The summed E-state index contributed by atoms with van der Waals surface area (Å²) in [6.07, 6.45) is 4.80. The molecule has 0 saturated carbocycles. The van der Waals surface area contributed by atoms with Crippen LogP contribution in [0.1, 0.15) is 56.7 Å². The van der Waals surface area contributed by atoms with Gasteiger partial charge in [0.2, 0.25) is 0 Å². The van der Waals surface area contributed by atoms with Gasteiger partial charge < -0.3 is 19.7 Å². The van der Waals surface area contributed by atoms with E-state index in [0.29, 0.717) is 41.2 Å². The molecule has 1 heterocycles. The summed E-state index contributed by atoms with van der Waals surface area (Å²) in [5.74, 6) is 2.33. The Morgan fingerprint density at radius 1 is 0.720 bits per heavy atom. The molecule has 0 unspecified atom stereocenters. The van der Waals surface area contributed by atoms with Gasteiger partial charge in [-0.15, -0.1) is 0 Å². The van der Waals surface area contributed by atoms with Crippen LogP contribution < -0.4 is 9.47 Å². The number of benzene rings is 2. The van der Waals surface area contributed by atoms with Gasteiger partial charge in [-0.2, -0.15) is 0 Å². The molecule has 0 amide bonds. The van der Waals surface area contributed by atoms with Crippen molar-refractivity contribution in [2.75, 3.05) is 0 Å². The number of phenolic OH excluding ortho intramolecular Hbond substituents is 2. The molecule has 1 aliphatic heterocycles. The number of rotatable bonds is 6. The highest BCUT2D eigenvalue weighted by atomic mass is 16.6. The van der Waals surface area contributed by atoms with Gasteiger partial charge >= 0.3 is 0 Å². The van der Waals surface area contributed by atoms with Crippen LogP contribution in [0, 0.1) is 0 Å². The average molecular weight is 342 g/mol. The van der Waals surface area contributed by atoms with E-state index in [1.807, 2.05) is 32.0 Å². The zero-order valence-corrected chi connectivity index (χ0v) is 15.2. The summed E-state index contributed by atoms with van der Waals surface area (Å²) in [6.45, 7) is 6.19. The minimum atomic E-state index is -0.0826. The molecule has 3 rings (SSSR count). The first-order valence-corrected chi connectivity index (χ1v) is 9.19. The molecule has 1 aliphatic rings. The fraction of sp³-hybridized carbons (Fsp3) is 0.429. The van der Waals surface area contributed by atoms with Gasteiger partial charge in [-0.1, -0.05) is 52.2 Å². The number of hydrogen-bond donors (Lipinski definition) is 2. The third-order valence-corrected chi connectivity index (χ3v) is 4.55. The molecule has 0 spiro atoms. The monoisotopic (exact) mass is 342 g/mol. The van der Waals surface area contributed by atoms with Crippen molar-refractivity contribution in [1.29, 1.82) is 0 Å².